The molecule has 0 radical (unpaired) electrons. The lowest BCUT2D eigenvalue weighted by Crippen LogP contribution is -1.99. The second-order valence-corrected chi connectivity index (χ2v) is 7.33. The van der Waals surface area contributed by atoms with Gasteiger partial charge in [0.05, 0.1) is 7.11 Å². The van der Waals surface area contributed by atoms with Crippen LogP contribution in [0.15, 0.2) is 110 Å². The highest BCUT2D eigenvalue weighted by Gasteiger charge is 2.16. The van der Waals surface area contributed by atoms with E-state index in [1.807, 2.05) is 6.92 Å². The number of ether oxygens (including phenoxy) is 2. The zero-order valence-corrected chi connectivity index (χ0v) is 19.7. The lowest BCUT2D eigenvalue weighted by Gasteiger charge is -2.11. The average molecular weight is 481 g/mol. The van der Waals surface area contributed by atoms with Crippen LogP contribution >= 0.6 is 0 Å². The Morgan fingerprint density at radius 2 is 1.34 bits per heavy atom. The maximum absolute atomic E-state index is 14.8. The largest absolute Gasteiger partial charge is 0.508 e. The van der Waals surface area contributed by atoms with Crippen molar-refractivity contribution in [2.45, 2.75) is 6.92 Å². The van der Waals surface area contributed by atoms with Gasteiger partial charge in [-0.25, -0.2) is 13.2 Å². The van der Waals surface area contributed by atoms with Gasteiger partial charge in [0.25, 0.3) is 0 Å². The van der Waals surface area contributed by atoms with E-state index in [1.54, 1.807) is 30.3 Å². The van der Waals surface area contributed by atoms with Crippen LogP contribution < -0.4 is 4.74 Å². The van der Waals surface area contributed by atoms with Crippen molar-refractivity contribution in [3.63, 3.8) is 0 Å². The average Bonchev–Trinajstić information content (AvgIpc) is 2.85. The van der Waals surface area contributed by atoms with Crippen molar-refractivity contribution in [3.05, 3.63) is 121 Å². The molecule has 0 aliphatic heterocycles. The molecule has 0 aliphatic rings. The van der Waals surface area contributed by atoms with Crippen LogP contribution in [0.2, 0.25) is 0 Å². The number of phenols is 1. The molecule has 0 bridgehead atoms. The minimum absolute atomic E-state index is 0.0219. The van der Waals surface area contributed by atoms with Gasteiger partial charge in [0.1, 0.15) is 23.9 Å². The van der Waals surface area contributed by atoms with Gasteiger partial charge in [0.2, 0.25) is 0 Å². The Hall–Kier alpha value is -4.19. The Morgan fingerprint density at radius 3 is 1.80 bits per heavy atom. The maximum Gasteiger partial charge on any atom is 0.167 e. The lowest BCUT2D eigenvalue weighted by atomic mass is 9.98. The number of hydrogen-bond donors (Lipinski definition) is 1. The van der Waals surface area contributed by atoms with E-state index in [4.69, 9.17) is 9.47 Å². The summed E-state index contributed by atoms with van der Waals surface area (Å²) in [5.41, 5.74) is 1.48. The summed E-state index contributed by atoms with van der Waals surface area (Å²) in [6.45, 7) is 12.4. The molecule has 182 valence electrons. The molecular weight excluding hydrogens is 453 g/mol. The minimum atomic E-state index is -0.976. The lowest BCUT2D eigenvalue weighted by molar-refractivity contribution is 0.285. The third kappa shape index (κ3) is 7.40. The van der Waals surface area contributed by atoms with E-state index in [0.29, 0.717) is 22.4 Å². The summed E-state index contributed by atoms with van der Waals surface area (Å²) in [5, 5.41) is 9.37. The predicted molar refractivity (Wildman–Crippen MR) is 135 cm³/mol. The number of benzene rings is 3. The van der Waals surface area contributed by atoms with Crippen molar-refractivity contribution in [3.8, 4) is 33.8 Å². The summed E-state index contributed by atoms with van der Waals surface area (Å²) in [6.07, 6.45) is 2.91. The van der Waals surface area contributed by atoms with Gasteiger partial charge in [-0.15, -0.1) is 6.58 Å². The third-order valence-corrected chi connectivity index (χ3v) is 4.69. The fraction of sp³-hybridized carbons (Fsp3) is 0.103. The summed E-state index contributed by atoms with van der Waals surface area (Å²) >= 11 is 0. The number of allylic oxidation sites excluding steroid dienone is 2. The molecule has 3 aromatic rings. The molecule has 0 unspecified atom stereocenters. The summed E-state index contributed by atoms with van der Waals surface area (Å²) in [6, 6.07) is 15.2. The fourth-order valence-corrected chi connectivity index (χ4v) is 2.94. The van der Waals surface area contributed by atoms with Gasteiger partial charge >= 0.3 is 0 Å². The van der Waals surface area contributed by atoms with Gasteiger partial charge in [0, 0.05) is 11.1 Å². The first kappa shape index (κ1) is 27.1. The molecule has 3 nitrogen and oxygen atoms in total. The van der Waals surface area contributed by atoms with Crippen LogP contribution in [0.1, 0.15) is 6.92 Å². The zero-order valence-electron chi connectivity index (χ0n) is 19.7. The molecule has 3 rings (SSSR count). The van der Waals surface area contributed by atoms with Gasteiger partial charge in [0.15, 0.2) is 17.5 Å². The molecule has 1 N–H and O–H groups in total. The van der Waals surface area contributed by atoms with Gasteiger partial charge in [-0.2, -0.15) is 0 Å². The van der Waals surface area contributed by atoms with E-state index in [-0.39, 0.29) is 29.2 Å². The molecular formula is C29H27F3O3. The van der Waals surface area contributed by atoms with Gasteiger partial charge in [-0.05, 0) is 54.0 Å². The topological polar surface area (TPSA) is 38.7 Å². The Balaban J connectivity index is 0.00000137. The zero-order chi connectivity index (χ0) is 26.0. The molecule has 3 aromatic carbocycles. The molecule has 0 aliphatic carbocycles. The van der Waals surface area contributed by atoms with Crippen molar-refractivity contribution >= 4 is 0 Å². The van der Waals surface area contributed by atoms with E-state index < -0.39 is 17.5 Å². The molecule has 0 saturated heterocycles. The monoisotopic (exact) mass is 480 g/mol. The third-order valence-electron chi connectivity index (χ3n) is 4.69. The maximum atomic E-state index is 14.8. The summed E-state index contributed by atoms with van der Waals surface area (Å²) < 4.78 is 53.4. The number of rotatable bonds is 8. The van der Waals surface area contributed by atoms with Gasteiger partial charge in [-0.1, -0.05) is 55.6 Å². The molecule has 0 spiro atoms. The molecule has 35 heavy (non-hydrogen) atoms. The Kier molecular flexibility index (Phi) is 9.97. The van der Waals surface area contributed by atoms with E-state index in [2.05, 4.69) is 19.7 Å². The molecule has 0 fully saturated rings. The highest BCUT2D eigenvalue weighted by molar-refractivity contribution is 5.72. The second kappa shape index (κ2) is 12.9. The Bertz CT molecular complexity index is 1210. The van der Waals surface area contributed by atoms with Crippen LogP contribution in [0.5, 0.6) is 11.5 Å². The number of hydrogen-bond acceptors (Lipinski definition) is 3. The molecule has 0 saturated carbocycles. The van der Waals surface area contributed by atoms with E-state index in [0.717, 1.165) is 6.08 Å². The first-order valence-corrected chi connectivity index (χ1v) is 10.6. The fourth-order valence-electron chi connectivity index (χ4n) is 2.94. The minimum Gasteiger partial charge on any atom is -0.508 e. The standard InChI is InChI=1S/C26H21F3O3.C3H6/c1-16(14-24(27)17(2)31-3)15-32-21-10-6-19(7-11-21)23-13-12-22(25(28)26(23)29)18-4-8-20(30)9-5-18;1-3-2/h4-14,30H,1-2,15H2,3H3;3H,1H2,2H3/b24-14+;. The van der Waals surface area contributed by atoms with Crippen LogP contribution in [0.3, 0.4) is 0 Å². The van der Waals surface area contributed by atoms with E-state index in [9.17, 15) is 18.3 Å². The second-order valence-electron chi connectivity index (χ2n) is 7.33. The van der Waals surface area contributed by atoms with Gasteiger partial charge < -0.3 is 14.6 Å². The number of methoxy groups -OCH3 is 1. The van der Waals surface area contributed by atoms with Crippen molar-refractivity contribution < 1.29 is 27.8 Å². The number of phenolic OH excluding ortho intramolecular Hbond substituents is 1. The van der Waals surface area contributed by atoms with Crippen LogP contribution in [0, 0.1) is 11.6 Å². The molecule has 0 heterocycles. The Labute approximate surface area is 203 Å². The highest BCUT2D eigenvalue weighted by Crippen LogP contribution is 2.32. The molecule has 6 heteroatoms. The van der Waals surface area contributed by atoms with E-state index in [1.165, 1.54) is 43.5 Å². The molecule has 0 amide bonds. The van der Waals surface area contributed by atoms with Crippen LogP contribution in [-0.2, 0) is 4.74 Å². The van der Waals surface area contributed by atoms with Crippen LogP contribution in [-0.4, -0.2) is 18.8 Å². The quantitative estimate of drug-likeness (QED) is 0.201. The van der Waals surface area contributed by atoms with Crippen molar-refractivity contribution in [2.24, 2.45) is 0 Å². The molecule has 0 atom stereocenters. The predicted octanol–water partition coefficient (Wildman–Crippen LogP) is 8.15. The van der Waals surface area contributed by atoms with Crippen molar-refractivity contribution in [2.75, 3.05) is 13.7 Å². The molecule has 0 aromatic heterocycles. The summed E-state index contributed by atoms with van der Waals surface area (Å²) in [4.78, 5) is 0. The van der Waals surface area contributed by atoms with Crippen LogP contribution in [0.25, 0.3) is 22.3 Å². The van der Waals surface area contributed by atoms with Gasteiger partial charge in [-0.3, -0.25) is 0 Å². The van der Waals surface area contributed by atoms with Crippen molar-refractivity contribution in [1.29, 1.82) is 0 Å². The SMILES string of the molecule is C=C(/C=C(/F)C(=C)OC)COc1ccc(-c2ccc(-c3ccc(O)cc3)c(F)c2F)cc1.C=CC. The normalized spacial score (nSPS) is 10.6. The van der Waals surface area contributed by atoms with Crippen LogP contribution in [0.4, 0.5) is 13.2 Å². The van der Waals surface area contributed by atoms with Crippen molar-refractivity contribution in [1.82, 2.24) is 0 Å². The first-order valence-electron chi connectivity index (χ1n) is 10.6. The highest BCUT2D eigenvalue weighted by atomic mass is 19.2. The summed E-state index contributed by atoms with van der Waals surface area (Å²) in [7, 11) is 1.31. The Morgan fingerprint density at radius 1 is 0.886 bits per heavy atom. The summed E-state index contributed by atoms with van der Waals surface area (Å²) in [5.74, 6) is -2.21. The smallest absolute Gasteiger partial charge is 0.167 e. The number of halogens is 3. The first-order chi connectivity index (χ1) is 16.7. The number of aromatic hydroxyl groups is 1. The van der Waals surface area contributed by atoms with E-state index >= 15 is 0 Å².